The number of nitrogens with zero attached hydrogens (tertiary/aromatic N) is 2. The number of aromatic hydroxyl groups is 1. The maximum Gasteiger partial charge on any atom is 0.127 e. The van der Waals surface area contributed by atoms with E-state index in [0.29, 0.717) is 11.3 Å². The van der Waals surface area contributed by atoms with Crippen LogP contribution in [0.5, 0.6) is 11.5 Å². The van der Waals surface area contributed by atoms with Gasteiger partial charge in [0.25, 0.3) is 0 Å². The van der Waals surface area contributed by atoms with Gasteiger partial charge >= 0.3 is 0 Å². The lowest BCUT2D eigenvalue weighted by atomic mass is 10.1. The molecule has 6 heteroatoms. The zero-order chi connectivity index (χ0) is 19.8. The van der Waals surface area contributed by atoms with Crippen LogP contribution in [0.25, 0.3) is 32.1 Å². The Hall–Kier alpha value is -3.22. The smallest absolute Gasteiger partial charge is 0.127 e. The number of hydrogen-bond acceptors (Lipinski definition) is 6. The van der Waals surface area contributed by atoms with E-state index in [1.54, 1.807) is 41.9 Å². The second kappa shape index (κ2) is 7.31. The predicted molar refractivity (Wildman–Crippen MR) is 121 cm³/mol. The molecule has 0 atom stereocenters. The SMILES string of the molecule is COc1ccc(O)c(C=C(c2nc3ccccc3s2)c2nc3ccccc3s2)c1. The van der Waals surface area contributed by atoms with Crippen molar-refractivity contribution in [2.75, 3.05) is 7.11 Å². The van der Waals surface area contributed by atoms with E-state index < -0.39 is 0 Å². The van der Waals surface area contributed by atoms with Crippen LogP contribution >= 0.6 is 22.7 Å². The number of phenols is 1. The van der Waals surface area contributed by atoms with Crippen LogP contribution < -0.4 is 4.74 Å². The lowest BCUT2D eigenvalue weighted by Gasteiger charge is -2.06. The third kappa shape index (κ3) is 3.37. The standard InChI is InChI=1S/C23H16N2O2S2/c1-27-15-10-11-19(26)14(12-15)13-16(22-24-17-6-2-4-8-20(17)28-22)23-25-18-7-3-5-9-21(18)29-23/h2-13,26H,1H3. The molecule has 0 aliphatic rings. The lowest BCUT2D eigenvalue weighted by molar-refractivity contribution is 0.412. The molecule has 1 N–H and O–H groups in total. The van der Waals surface area contributed by atoms with Gasteiger partial charge < -0.3 is 9.84 Å². The molecular weight excluding hydrogens is 400 g/mol. The van der Waals surface area contributed by atoms with Crippen LogP contribution in [0.4, 0.5) is 0 Å². The maximum absolute atomic E-state index is 10.4. The van der Waals surface area contributed by atoms with Crippen molar-refractivity contribution in [2.45, 2.75) is 0 Å². The van der Waals surface area contributed by atoms with E-state index in [1.807, 2.05) is 48.5 Å². The quantitative estimate of drug-likeness (QED) is 0.378. The van der Waals surface area contributed by atoms with Crippen LogP contribution in [0.1, 0.15) is 15.6 Å². The fourth-order valence-electron chi connectivity index (χ4n) is 3.12. The Bertz CT molecular complexity index is 1230. The summed E-state index contributed by atoms with van der Waals surface area (Å²) < 4.78 is 7.56. The van der Waals surface area contributed by atoms with Crippen molar-refractivity contribution in [1.29, 1.82) is 0 Å². The van der Waals surface area contributed by atoms with E-state index in [-0.39, 0.29) is 5.75 Å². The highest BCUT2D eigenvalue weighted by molar-refractivity contribution is 7.22. The highest BCUT2D eigenvalue weighted by Gasteiger charge is 2.16. The number of rotatable bonds is 4. The Morgan fingerprint density at radius 3 is 2.00 bits per heavy atom. The molecule has 0 aliphatic heterocycles. The lowest BCUT2D eigenvalue weighted by Crippen LogP contribution is -1.88. The van der Waals surface area contributed by atoms with E-state index in [1.165, 1.54) is 0 Å². The van der Waals surface area contributed by atoms with Crippen LogP contribution in [0.15, 0.2) is 66.7 Å². The molecule has 0 bridgehead atoms. The van der Waals surface area contributed by atoms with Gasteiger partial charge in [-0.25, -0.2) is 9.97 Å². The number of methoxy groups -OCH3 is 1. The molecule has 0 radical (unpaired) electrons. The first-order chi connectivity index (χ1) is 14.2. The third-order valence-corrected chi connectivity index (χ3v) is 6.72. The summed E-state index contributed by atoms with van der Waals surface area (Å²) in [7, 11) is 1.61. The van der Waals surface area contributed by atoms with Crippen LogP contribution in [0.2, 0.25) is 0 Å². The second-order valence-corrected chi connectivity index (χ2v) is 8.52. The summed E-state index contributed by atoms with van der Waals surface area (Å²) in [5.41, 5.74) is 3.46. The van der Waals surface area contributed by atoms with Crippen molar-refractivity contribution in [1.82, 2.24) is 9.97 Å². The summed E-state index contributed by atoms with van der Waals surface area (Å²) >= 11 is 3.24. The molecule has 2 heterocycles. The molecule has 0 aliphatic carbocycles. The maximum atomic E-state index is 10.4. The highest BCUT2D eigenvalue weighted by Crippen LogP contribution is 2.37. The largest absolute Gasteiger partial charge is 0.507 e. The van der Waals surface area contributed by atoms with Crippen molar-refractivity contribution < 1.29 is 9.84 Å². The van der Waals surface area contributed by atoms with Gasteiger partial charge in [-0.05, 0) is 48.5 Å². The number of fused-ring (bicyclic) bond motifs is 2. The summed E-state index contributed by atoms with van der Waals surface area (Å²) in [6.07, 6.45) is 1.94. The van der Waals surface area contributed by atoms with Crippen LogP contribution in [-0.2, 0) is 0 Å². The van der Waals surface area contributed by atoms with Gasteiger partial charge in [-0.1, -0.05) is 24.3 Å². The van der Waals surface area contributed by atoms with Gasteiger partial charge in [0, 0.05) is 11.1 Å². The average molecular weight is 417 g/mol. The van der Waals surface area contributed by atoms with Crippen LogP contribution in [-0.4, -0.2) is 22.2 Å². The molecule has 0 fully saturated rings. The molecule has 142 valence electrons. The molecule has 0 spiro atoms. The zero-order valence-electron chi connectivity index (χ0n) is 15.5. The van der Waals surface area contributed by atoms with Crippen LogP contribution in [0.3, 0.4) is 0 Å². The summed E-state index contributed by atoms with van der Waals surface area (Å²) in [4.78, 5) is 9.66. The normalized spacial score (nSPS) is 11.1. The number of thiazole rings is 2. The molecule has 5 aromatic rings. The van der Waals surface area contributed by atoms with E-state index in [9.17, 15) is 5.11 Å². The fourth-order valence-corrected chi connectivity index (χ4v) is 5.15. The Kier molecular flexibility index (Phi) is 4.50. The Labute approximate surface area is 175 Å². The summed E-state index contributed by atoms with van der Waals surface area (Å²) in [5, 5.41) is 12.2. The van der Waals surface area contributed by atoms with E-state index in [4.69, 9.17) is 14.7 Å². The topological polar surface area (TPSA) is 55.2 Å². The summed E-state index contributed by atoms with van der Waals surface area (Å²) in [6, 6.07) is 21.3. The van der Waals surface area contributed by atoms with Crippen molar-refractivity contribution in [3.05, 3.63) is 82.3 Å². The Morgan fingerprint density at radius 2 is 1.45 bits per heavy atom. The van der Waals surface area contributed by atoms with E-state index in [0.717, 1.165) is 36.0 Å². The molecular formula is C23H16N2O2S2. The van der Waals surface area contributed by atoms with Crippen molar-refractivity contribution >= 4 is 54.8 Å². The summed E-state index contributed by atoms with van der Waals surface area (Å²) in [6.45, 7) is 0. The molecule has 0 saturated heterocycles. The monoisotopic (exact) mass is 416 g/mol. The van der Waals surface area contributed by atoms with E-state index >= 15 is 0 Å². The summed E-state index contributed by atoms with van der Waals surface area (Å²) in [5.74, 6) is 0.868. The second-order valence-electron chi connectivity index (χ2n) is 6.46. The molecule has 0 amide bonds. The van der Waals surface area contributed by atoms with Gasteiger partial charge in [0.15, 0.2) is 0 Å². The highest BCUT2D eigenvalue weighted by atomic mass is 32.1. The minimum atomic E-state index is 0.186. The van der Waals surface area contributed by atoms with Gasteiger partial charge in [0.2, 0.25) is 0 Å². The molecule has 29 heavy (non-hydrogen) atoms. The first kappa shape index (κ1) is 17.8. The predicted octanol–water partition coefficient (Wildman–Crippen LogP) is 6.21. The van der Waals surface area contributed by atoms with Gasteiger partial charge in [0.1, 0.15) is 21.5 Å². The van der Waals surface area contributed by atoms with E-state index in [2.05, 4.69) is 12.1 Å². The third-order valence-electron chi connectivity index (χ3n) is 4.58. The van der Waals surface area contributed by atoms with Crippen molar-refractivity contribution in [3.8, 4) is 11.5 Å². The number of para-hydroxylation sites is 2. The van der Waals surface area contributed by atoms with Crippen molar-refractivity contribution in [3.63, 3.8) is 0 Å². The molecule has 0 unspecified atom stereocenters. The first-order valence-corrected chi connectivity index (χ1v) is 10.6. The zero-order valence-corrected chi connectivity index (χ0v) is 17.1. The molecule has 3 aromatic carbocycles. The Morgan fingerprint density at radius 1 is 0.862 bits per heavy atom. The number of ether oxygens (including phenoxy) is 1. The molecule has 4 nitrogen and oxygen atoms in total. The van der Waals surface area contributed by atoms with Crippen molar-refractivity contribution in [2.24, 2.45) is 0 Å². The average Bonchev–Trinajstić information content (AvgIpc) is 3.37. The minimum absolute atomic E-state index is 0.186. The van der Waals surface area contributed by atoms with Gasteiger partial charge in [-0.2, -0.15) is 0 Å². The first-order valence-electron chi connectivity index (χ1n) is 9.02. The Balaban J connectivity index is 1.74. The molecule has 5 rings (SSSR count). The number of phenolic OH excluding ortho intramolecular Hbond substituents is 1. The van der Waals surface area contributed by atoms with Gasteiger partial charge in [0.05, 0.1) is 27.5 Å². The number of benzene rings is 3. The fraction of sp³-hybridized carbons (Fsp3) is 0.0435. The van der Waals surface area contributed by atoms with Gasteiger partial charge in [-0.3, -0.25) is 0 Å². The minimum Gasteiger partial charge on any atom is -0.507 e. The van der Waals surface area contributed by atoms with Gasteiger partial charge in [-0.15, -0.1) is 22.7 Å². The van der Waals surface area contributed by atoms with Crippen LogP contribution in [0, 0.1) is 0 Å². The molecule has 2 aromatic heterocycles. The number of hydrogen-bond donors (Lipinski definition) is 1. The number of aromatic nitrogens is 2. The molecule has 0 saturated carbocycles.